The van der Waals surface area contributed by atoms with Gasteiger partial charge in [-0.15, -0.1) is 0 Å². The molecule has 0 aliphatic rings. The van der Waals surface area contributed by atoms with Crippen LogP contribution in [0, 0.1) is 0 Å². The van der Waals surface area contributed by atoms with Crippen molar-refractivity contribution < 1.29 is 13.2 Å². The van der Waals surface area contributed by atoms with Crippen LogP contribution in [0.25, 0.3) is 16.6 Å². The number of benzene rings is 2. The second-order valence-electron chi connectivity index (χ2n) is 7.70. The number of para-hydroxylation sites is 1. The molecule has 0 fully saturated rings. The van der Waals surface area contributed by atoms with Crippen molar-refractivity contribution in [1.29, 1.82) is 0 Å². The minimum absolute atomic E-state index is 0.0242. The Morgan fingerprint density at radius 2 is 1.69 bits per heavy atom. The SMILES string of the molecule is Cn1c(NC(=O)CSc2nc3ccccc3c(=O)n2-c2ccc(S(N)(=O)=O)cc2)cc(=O)n(C)c1=O. The molecule has 0 saturated carbocycles. The zero-order chi connectivity index (χ0) is 26.2. The van der Waals surface area contributed by atoms with Gasteiger partial charge in [0.1, 0.15) is 5.82 Å². The standard InChI is InChI=1S/C22H20N6O6S2/c1-26-17(11-19(30)27(2)22(26)32)25-18(29)12-35-21-24-16-6-4-3-5-15(16)20(31)28(21)13-7-9-14(10-8-13)36(23,33)34/h3-11H,12H2,1-2H3,(H,25,29)(H2,23,33,34). The van der Waals surface area contributed by atoms with Gasteiger partial charge in [-0.2, -0.15) is 0 Å². The lowest BCUT2D eigenvalue weighted by Gasteiger charge is -2.14. The van der Waals surface area contributed by atoms with E-state index in [9.17, 15) is 27.6 Å². The Labute approximate surface area is 208 Å². The van der Waals surface area contributed by atoms with Crippen LogP contribution in [-0.4, -0.2) is 38.8 Å². The number of carbonyl (C=O) groups is 1. The molecule has 12 nitrogen and oxygen atoms in total. The van der Waals surface area contributed by atoms with Crippen molar-refractivity contribution in [2.75, 3.05) is 11.1 Å². The Kier molecular flexibility index (Phi) is 6.67. The fourth-order valence-electron chi connectivity index (χ4n) is 3.38. The zero-order valence-corrected chi connectivity index (χ0v) is 20.7. The normalized spacial score (nSPS) is 11.5. The largest absolute Gasteiger partial charge is 0.332 e. The minimum Gasteiger partial charge on any atom is -0.311 e. The highest BCUT2D eigenvalue weighted by Gasteiger charge is 2.17. The highest BCUT2D eigenvalue weighted by molar-refractivity contribution is 7.99. The van der Waals surface area contributed by atoms with Crippen LogP contribution in [-0.2, 0) is 28.9 Å². The Balaban J connectivity index is 1.70. The van der Waals surface area contributed by atoms with Crippen molar-refractivity contribution in [3.05, 3.63) is 85.8 Å². The molecule has 3 N–H and O–H groups in total. The molecular formula is C22H20N6O6S2. The van der Waals surface area contributed by atoms with Gasteiger partial charge in [0.2, 0.25) is 15.9 Å². The van der Waals surface area contributed by atoms with Gasteiger partial charge in [0.05, 0.1) is 27.2 Å². The number of hydrogen-bond donors (Lipinski definition) is 2. The van der Waals surface area contributed by atoms with Crippen molar-refractivity contribution >= 4 is 44.4 Å². The molecule has 0 unspecified atom stereocenters. The summed E-state index contributed by atoms with van der Waals surface area (Å²) in [6, 6.07) is 13.2. The summed E-state index contributed by atoms with van der Waals surface area (Å²) in [4.78, 5) is 54.4. The van der Waals surface area contributed by atoms with E-state index >= 15 is 0 Å². The molecule has 0 atom stereocenters. The number of anilines is 1. The van der Waals surface area contributed by atoms with Crippen LogP contribution in [0.15, 0.2) is 79.0 Å². The molecule has 0 bridgehead atoms. The van der Waals surface area contributed by atoms with Crippen LogP contribution in [0.1, 0.15) is 0 Å². The summed E-state index contributed by atoms with van der Waals surface area (Å²) in [7, 11) is -1.19. The first-order chi connectivity index (χ1) is 17.0. The summed E-state index contributed by atoms with van der Waals surface area (Å²) in [6.45, 7) is 0. The first-order valence-electron chi connectivity index (χ1n) is 10.3. The van der Waals surface area contributed by atoms with Crippen LogP contribution in [0.2, 0.25) is 0 Å². The number of hydrogen-bond acceptors (Lipinski definition) is 8. The van der Waals surface area contributed by atoms with E-state index < -0.39 is 32.7 Å². The Morgan fingerprint density at radius 1 is 1.03 bits per heavy atom. The maximum absolute atomic E-state index is 13.3. The van der Waals surface area contributed by atoms with Crippen molar-refractivity contribution in [2.24, 2.45) is 19.2 Å². The molecule has 36 heavy (non-hydrogen) atoms. The molecule has 2 heterocycles. The summed E-state index contributed by atoms with van der Waals surface area (Å²) >= 11 is 0.952. The van der Waals surface area contributed by atoms with E-state index in [1.165, 1.54) is 42.9 Å². The molecule has 186 valence electrons. The number of sulfonamides is 1. The summed E-state index contributed by atoms with van der Waals surface area (Å²) in [5.74, 6) is -0.721. The van der Waals surface area contributed by atoms with Gasteiger partial charge in [0.15, 0.2) is 5.16 Å². The highest BCUT2D eigenvalue weighted by Crippen LogP contribution is 2.22. The molecular weight excluding hydrogens is 508 g/mol. The molecule has 14 heteroatoms. The Bertz CT molecular complexity index is 1790. The van der Waals surface area contributed by atoms with E-state index in [1.807, 2.05) is 0 Å². The van der Waals surface area contributed by atoms with E-state index in [2.05, 4.69) is 10.3 Å². The summed E-state index contributed by atoms with van der Waals surface area (Å²) in [5.41, 5.74) is -0.854. The molecule has 1 amide bonds. The third kappa shape index (κ3) is 4.86. The van der Waals surface area contributed by atoms with Gasteiger partial charge in [0, 0.05) is 20.2 Å². The quantitative estimate of drug-likeness (QED) is 0.263. The first-order valence-corrected chi connectivity index (χ1v) is 12.9. The van der Waals surface area contributed by atoms with Gasteiger partial charge in [-0.1, -0.05) is 23.9 Å². The minimum atomic E-state index is -3.93. The van der Waals surface area contributed by atoms with Crippen LogP contribution < -0.4 is 27.3 Å². The maximum Gasteiger partial charge on any atom is 0.332 e. The number of aromatic nitrogens is 4. The van der Waals surface area contributed by atoms with Gasteiger partial charge in [-0.05, 0) is 36.4 Å². The predicted molar refractivity (Wildman–Crippen MR) is 135 cm³/mol. The highest BCUT2D eigenvalue weighted by atomic mass is 32.2. The number of nitrogens with two attached hydrogens (primary N) is 1. The number of nitrogens with one attached hydrogen (secondary N) is 1. The Morgan fingerprint density at radius 3 is 2.36 bits per heavy atom. The predicted octanol–water partition coefficient (Wildman–Crippen LogP) is 0.161. The number of nitrogens with zero attached hydrogens (tertiary/aromatic N) is 4. The fraction of sp³-hybridized carbons (Fsp3) is 0.136. The van der Waals surface area contributed by atoms with E-state index in [0.29, 0.717) is 16.6 Å². The monoisotopic (exact) mass is 528 g/mol. The van der Waals surface area contributed by atoms with E-state index in [1.54, 1.807) is 24.3 Å². The van der Waals surface area contributed by atoms with Gasteiger partial charge >= 0.3 is 5.69 Å². The van der Waals surface area contributed by atoms with Gasteiger partial charge in [0.25, 0.3) is 11.1 Å². The van der Waals surface area contributed by atoms with E-state index in [4.69, 9.17) is 5.14 Å². The van der Waals surface area contributed by atoms with Crippen LogP contribution >= 0.6 is 11.8 Å². The summed E-state index contributed by atoms with van der Waals surface area (Å²) < 4.78 is 26.5. The average Bonchev–Trinajstić information content (AvgIpc) is 2.84. The number of amides is 1. The van der Waals surface area contributed by atoms with Crippen LogP contribution in [0.3, 0.4) is 0 Å². The number of fused-ring (bicyclic) bond motifs is 1. The molecule has 4 aromatic rings. The van der Waals surface area contributed by atoms with Crippen LogP contribution in [0.5, 0.6) is 0 Å². The third-order valence-corrected chi connectivity index (χ3v) is 7.16. The molecule has 2 aromatic heterocycles. The van der Waals surface area contributed by atoms with E-state index in [0.717, 1.165) is 27.0 Å². The van der Waals surface area contributed by atoms with Crippen molar-refractivity contribution in [3.8, 4) is 5.69 Å². The number of carbonyl (C=O) groups excluding carboxylic acids is 1. The molecule has 0 spiro atoms. The van der Waals surface area contributed by atoms with Crippen LogP contribution in [0.4, 0.5) is 5.82 Å². The molecule has 0 saturated heterocycles. The molecule has 2 aromatic carbocycles. The first kappa shape index (κ1) is 25.1. The van der Waals surface area contributed by atoms with Gasteiger partial charge in [-0.25, -0.2) is 23.3 Å². The lowest BCUT2D eigenvalue weighted by molar-refractivity contribution is -0.113. The smallest absolute Gasteiger partial charge is 0.311 e. The van der Waals surface area contributed by atoms with E-state index in [-0.39, 0.29) is 21.6 Å². The molecule has 4 rings (SSSR count). The average molecular weight is 529 g/mol. The van der Waals surface area contributed by atoms with Crippen molar-refractivity contribution in [2.45, 2.75) is 10.1 Å². The molecule has 0 aliphatic carbocycles. The molecule has 0 aliphatic heterocycles. The number of thioether (sulfide) groups is 1. The number of primary sulfonamides is 1. The number of rotatable bonds is 6. The van der Waals surface area contributed by atoms with Crippen molar-refractivity contribution in [3.63, 3.8) is 0 Å². The summed E-state index contributed by atoms with van der Waals surface area (Å²) in [6.07, 6.45) is 0. The maximum atomic E-state index is 13.3. The van der Waals surface area contributed by atoms with Gasteiger partial charge < -0.3 is 5.32 Å². The van der Waals surface area contributed by atoms with Gasteiger partial charge in [-0.3, -0.25) is 28.1 Å². The second kappa shape index (κ2) is 9.56. The zero-order valence-electron chi connectivity index (χ0n) is 19.0. The third-order valence-electron chi connectivity index (χ3n) is 5.29. The molecule has 0 radical (unpaired) electrons. The Hall–Kier alpha value is -4.01. The fourth-order valence-corrected chi connectivity index (χ4v) is 4.71. The lowest BCUT2D eigenvalue weighted by atomic mass is 10.2. The topological polar surface area (TPSA) is 168 Å². The summed E-state index contributed by atoms with van der Waals surface area (Å²) in [5, 5.41) is 8.19. The van der Waals surface area contributed by atoms with Crippen molar-refractivity contribution in [1.82, 2.24) is 18.7 Å². The second-order valence-corrected chi connectivity index (χ2v) is 10.2. The lowest BCUT2D eigenvalue weighted by Crippen LogP contribution is -2.38.